The van der Waals surface area contributed by atoms with Crippen LogP contribution >= 0.6 is 15.9 Å². The number of esters is 1. The molecule has 0 amide bonds. The van der Waals surface area contributed by atoms with Crippen molar-refractivity contribution >= 4 is 37.7 Å². The zero-order valence-electron chi connectivity index (χ0n) is 13.2. The van der Waals surface area contributed by atoms with Gasteiger partial charge >= 0.3 is 12.3 Å². The molecule has 0 unspecified atom stereocenters. The number of nitrogens with one attached hydrogen (secondary N) is 1. The van der Waals surface area contributed by atoms with Gasteiger partial charge in [0.1, 0.15) is 10.6 Å². The van der Waals surface area contributed by atoms with Gasteiger partial charge in [0.15, 0.2) is 11.6 Å². The molecule has 0 bridgehead atoms. The number of alkyl halides is 3. The highest BCUT2D eigenvalue weighted by atomic mass is 79.9. The molecule has 1 aromatic heterocycles. The summed E-state index contributed by atoms with van der Waals surface area (Å²) in [5, 5.41) is 3.77. The molecule has 0 aliphatic heterocycles. The third kappa shape index (κ3) is 4.46. The van der Waals surface area contributed by atoms with E-state index in [1.807, 2.05) is 4.72 Å². The lowest BCUT2D eigenvalue weighted by atomic mass is 10.3. The van der Waals surface area contributed by atoms with Gasteiger partial charge in [0, 0.05) is 17.6 Å². The molecular weight excluding hydrogens is 447 g/mol. The number of carbonyl (C=O) groups excluding carboxylic acids is 1. The number of ether oxygens (including phenoxy) is 2. The van der Waals surface area contributed by atoms with Gasteiger partial charge in [-0.15, -0.1) is 13.2 Å². The predicted octanol–water partition coefficient (Wildman–Crippen LogP) is 2.67. The first kappa shape index (κ1) is 20.0. The summed E-state index contributed by atoms with van der Waals surface area (Å²) in [6, 6.07) is 4.34. The molecule has 0 aliphatic carbocycles. The normalized spacial score (nSPS) is 11.9. The smallest absolute Gasteiger partial charge is 0.464 e. The summed E-state index contributed by atoms with van der Waals surface area (Å²) in [4.78, 5) is 10.8. The summed E-state index contributed by atoms with van der Waals surface area (Å²) in [7, 11) is -2.04. The molecule has 0 saturated carbocycles. The number of carbonyl (C=O) groups is 1. The van der Waals surface area contributed by atoms with Crippen molar-refractivity contribution in [3.63, 3.8) is 0 Å². The second-order valence-electron chi connectivity index (χ2n) is 4.75. The van der Waals surface area contributed by atoms with Crippen LogP contribution < -0.4 is 9.46 Å². The van der Waals surface area contributed by atoms with E-state index in [1.54, 1.807) is 0 Å². The van der Waals surface area contributed by atoms with Crippen LogP contribution in [0.15, 0.2) is 33.6 Å². The monoisotopic (exact) mass is 457 g/mol. The van der Waals surface area contributed by atoms with E-state index in [-0.39, 0.29) is 16.0 Å². The Morgan fingerprint density at radius 1 is 1.35 bits per heavy atom. The predicted molar refractivity (Wildman–Crippen MR) is 86.2 cm³/mol. The Hall–Kier alpha value is -2.28. The number of benzene rings is 1. The van der Waals surface area contributed by atoms with Gasteiger partial charge in [0.25, 0.3) is 10.0 Å². The number of rotatable bonds is 5. The second kappa shape index (κ2) is 7.15. The van der Waals surface area contributed by atoms with Gasteiger partial charge in [-0.2, -0.15) is 5.10 Å². The lowest BCUT2D eigenvalue weighted by molar-refractivity contribution is -0.275. The zero-order valence-corrected chi connectivity index (χ0v) is 15.6. The van der Waals surface area contributed by atoms with Gasteiger partial charge in [-0.3, -0.25) is 9.40 Å². The fourth-order valence-electron chi connectivity index (χ4n) is 1.96. The molecule has 1 heterocycles. The minimum absolute atomic E-state index is 0.0657. The van der Waals surface area contributed by atoms with E-state index in [0.29, 0.717) is 0 Å². The average Bonchev–Trinajstić information content (AvgIpc) is 2.84. The third-order valence-corrected chi connectivity index (χ3v) is 5.30. The second-order valence-corrected chi connectivity index (χ2v) is 7.22. The standard InChI is InChI=1S/C13H11BrF3N3O5S/c1-20-8(12(21)24-2)6-10(18-20)19-26(22,23)11-7(14)4-3-5-9(11)25-13(15,16)17/h3-6H,1-2H3,(H,18,19). The Labute approximate surface area is 154 Å². The van der Waals surface area contributed by atoms with Crippen molar-refractivity contribution in [2.45, 2.75) is 11.3 Å². The van der Waals surface area contributed by atoms with Crippen molar-refractivity contribution in [3.05, 3.63) is 34.4 Å². The molecule has 26 heavy (non-hydrogen) atoms. The minimum Gasteiger partial charge on any atom is -0.464 e. The Bertz CT molecular complexity index is 943. The van der Waals surface area contributed by atoms with Crippen LogP contribution in [0.2, 0.25) is 0 Å². The van der Waals surface area contributed by atoms with Crippen LogP contribution in [0, 0.1) is 0 Å². The number of anilines is 1. The summed E-state index contributed by atoms with van der Waals surface area (Å²) in [5.41, 5.74) is -0.0657. The van der Waals surface area contributed by atoms with Gasteiger partial charge in [0.05, 0.1) is 7.11 Å². The fourth-order valence-corrected chi connectivity index (χ4v) is 4.12. The van der Waals surface area contributed by atoms with Gasteiger partial charge in [0.2, 0.25) is 0 Å². The first-order valence-corrected chi connectivity index (χ1v) is 8.91. The third-order valence-electron chi connectivity index (χ3n) is 2.94. The molecule has 0 fully saturated rings. The Morgan fingerprint density at radius 2 is 2.00 bits per heavy atom. The summed E-state index contributed by atoms with van der Waals surface area (Å²) < 4.78 is 73.8. The van der Waals surface area contributed by atoms with Crippen LogP contribution in [0.3, 0.4) is 0 Å². The van der Waals surface area contributed by atoms with E-state index in [4.69, 9.17) is 0 Å². The zero-order chi connectivity index (χ0) is 19.7. The fraction of sp³-hybridized carbons (Fsp3) is 0.231. The number of sulfonamides is 1. The SMILES string of the molecule is COC(=O)c1cc(NS(=O)(=O)c2c(Br)cccc2OC(F)(F)F)nn1C. The molecule has 0 aliphatic rings. The van der Waals surface area contributed by atoms with Crippen LogP contribution in [0.1, 0.15) is 10.5 Å². The summed E-state index contributed by atoms with van der Waals surface area (Å²) in [5.74, 6) is -1.99. The van der Waals surface area contributed by atoms with E-state index >= 15 is 0 Å². The van der Waals surface area contributed by atoms with Crippen LogP contribution in [-0.2, 0) is 21.8 Å². The van der Waals surface area contributed by atoms with Crippen molar-refractivity contribution < 1.29 is 35.9 Å². The summed E-state index contributed by atoms with van der Waals surface area (Å²) in [6.07, 6.45) is -5.09. The molecule has 142 valence electrons. The minimum atomic E-state index is -5.09. The van der Waals surface area contributed by atoms with E-state index in [1.165, 1.54) is 19.2 Å². The lowest BCUT2D eigenvalue weighted by Gasteiger charge is -2.15. The number of aryl methyl sites for hydroxylation is 1. The average molecular weight is 458 g/mol. The van der Waals surface area contributed by atoms with Crippen LogP contribution in [-0.4, -0.2) is 37.6 Å². The van der Waals surface area contributed by atoms with E-state index in [0.717, 1.165) is 23.9 Å². The molecule has 2 rings (SSSR count). The van der Waals surface area contributed by atoms with Gasteiger partial charge in [-0.1, -0.05) is 6.07 Å². The number of methoxy groups -OCH3 is 1. The lowest BCUT2D eigenvalue weighted by Crippen LogP contribution is -2.21. The highest BCUT2D eigenvalue weighted by Crippen LogP contribution is 2.35. The molecular formula is C13H11BrF3N3O5S. The molecule has 13 heteroatoms. The molecule has 0 saturated heterocycles. The maximum absolute atomic E-state index is 12.5. The largest absolute Gasteiger partial charge is 0.573 e. The quantitative estimate of drug-likeness (QED) is 0.692. The van der Waals surface area contributed by atoms with Crippen LogP contribution in [0.25, 0.3) is 0 Å². The Balaban J connectivity index is 2.44. The summed E-state index contributed by atoms with van der Waals surface area (Å²) in [6.45, 7) is 0. The molecule has 2 aromatic rings. The van der Waals surface area contributed by atoms with Crippen LogP contribution in [0.4, 0.5) is 19.0 Å². The highest BCUT2D eigenvalue weighted by Gasteiger charge is 2.35. The van der Waals surface area contributed by atoms with Gasteiger partial charge in [-0.25, -0.2) is 13.2 Å². The summed E-state index contributed by atoms with van der Waals surface area (Å²) >= 11 is 2.89. The molecule has 0 spiro atoms. The molecule has 0 radical (unpaired) electrons. The number of halogens is 4. The van der Waals surface area contributed by atoms with E-state index in [9.17, 15) is 26.4 Å². The van der Waals surface area contributed by atoms with Gasteiger partial charge in [-0.05, 0) is 28.1 Å². The van der Waals surface area contributed by atoms with Crippen molar-refractivity contribution in [2.75, 3.05) is 11.8 Å². The Morgan fingerprint density at radius 3 is 2.58 bits per heavy atom. The molecule has 8 nitrogen and oxygen atoms in total. The van der Waals surface area contributed by atoms with Crippen LogP contribution in [0.5, 0.6) is 5.75 Å². The first-order chi connectivity index (χ1) is 11.9. The van der Waals surface area contributed by atoms with Crippen molar-refractivity contribution in [1.82, 2.24) is 9.78 Å². The maximum Gasteiger partial charge on any atom is 0.573 e. The van der Waals surface area contributed by atoms with Gasteiger partial charge < -0.3 is 9.47 Å². The van der Waals surface area contributed by atoms with Crippen molar-refractivity contribution in [3.8, 4) is 5.75 Å². The molecule has 1 N–H and O–H groups in total. The molecule has 1 aromatic carbocycles. The number of nitrogens with zero attached hydrogens (tertiary/aromatic N) is 2. The topological polar surface area (TPSA) is 99.5 Å². The van der Waals surface area contributed by atoms with Crippen molar-refractivity contribution in [2.24, 2.45) is 7.05 Å². The van der Waals surface area contributed by atoms with Crippen molar-refractivity contribution in [1.29, 1.82) is 0 Å². The van der Waals surface area contributed by atoms with E-state index in [2.05, 4.69) is 30.5 Å². The number of hydrogen-bond acceptors (Lipinski definition) is 6. The Kier molecular flexibility index (Phi) is 5.51. The molecule has 0 atom stereocenters. The number of aromatic nitrogens is 2. The maximum atomic E-state index is 12.5. The highest BCUT2D eigenvalue weighted by molar-refractivity contribution is 9.10. The first-order valence-electron chi connectivity index (χ1n) is 6.64. The van der Waals surface area contributed by atoms with E-state index < -0.39 is 33.0 Å². The number of hydrogen-bond donors (Lipinski definition) is 1.